The molecule has 1 N–H and O–H groups in total. The zero-order chi connectivity index (χ0) is 14.5. The molecule has 0 bridgehead atoms. The van der Waals surface area contributed by atoms with Crippen molar-refractivity contribution in [3.63, 3.8) is 0 Å². The normalized spacial score (nSPS) is 14.2. The molecule has 1 aromatic rings. The van der Waals surface area contributed by atoms with Gasteiger partial charge < -0.3 is 9.94 Å². The minimum atomic E-state index is -4.63. The minimum Gasteiger partial charge on any atom is -0.411 e. The maximum absolute atomic E-state index is 13.4. The van der Waals surface area contributed by atoms with E-state index < -0.39 is 24.7 Å². The molecule has 0 amide bonds. The van der Waals surface area contributed by atoms with E-state index >= 15 is 0 Å². The summed E-state index contributed by atoms with van der Waals surface area (Å²) in [5, 5.41) is 11.5. The summed E-state index contributed by atoms with van der Waals surface area (Å²) in [4.78, 5) is 0. The van der Waals surface area contributed by atoms with Crippen molar-refractivity contribution in [3.8, 4) is 0 Å². The van der Waals surface area contributed by atoms with Crippen molar-refractivity contribution < 1.29 is 27.5 Å². The summed E-state index contributed by atoms with van der Waals surface area (Å²) < 4.78 is 55.0. The van der Waals surface area contributed by atoms with Crippen LogP contribution in [0.3, 0.4) is 0 Å². The number of rotatable bonds is 5. The van der Waals surface area contributed by atoms with Crippen molar-refractivity contribution in [3.05, 3.63) is 48.3 Å². The van der Waals surface area contributed by atoms with E-state index in [2.05, 4.69) is 16.5 Å². The van der Waals surface area contributed by atoms with Gasteiger partial charge in [-0.15, -0.1) is 6.58 Å². The lowest BCUT2D eigenvalue weighted by Gasteiger charge is -2.17. The van der Waals surface area contributed by atoms with Crippen LogP contribution >= 0.6 is 0 Å². The van der Waals surface area contributed by atoms with Crippen LogP contribution in [0.2, 0.25) is 0 Å². The summed E-state index contributed by atoms with van der Waals surface area (Å²) in [6, 6.07) is 5.22. The highest BCUT2D eigenvalue weighted by Gasteiger charge is 2.38. The number of hydrogen-bond acceptors (Lipinski definition) is 3. The van der Waals surface area contributed by atoms with Crippen LogP contribution in [0, 0.1) is 5.82 Å². The first kappa shape index (κ1) is 15.2. The molecule has 0 radical (unpaired) electrons. The van der Waals surface area contributed by atoms with Gasteiger partial charge in [-0.2, -0.15) is 13.2 Å². The fourth-order valence-electron chi connectivity index (χ4n) is 1.32. The predicted molar refractivity (Wildman–Crippen MR) is 60.7 cm³/mol. The third-order valence-electron chi connectivity index (χ3n) is 2.24. The molecule has 0 aliphatic rings. The van der Waals surface area contributed by atoms with Gasteiger partial charge in [0.25, 0.3) is 0 Å². The van der Waals surface area contributed by atoms with Crippen molar-refractivity contribution in [1.29, 1.82) is 0 Å². The summed E-state index contributed by atoms with van der Waals surface area (Å²) >= 11 is 0. The average Bonchev–Trinajstić information content (AvgIpc) is 2.34. The molecule has 19 heavy (non-hydrogen) atoms. The number of hydrogen-bond donors (Lipinski definition) is 1. The minimum absolute atomic E-state index is 0.130. The maximum Gasteiger partial charge on any atom is 0.418 e. The van der Waals surface area contributed by atoms with Crippen LogP contribution in [0.1, 0.15) is 5.56 Å². The van der Waals surface area contributed by atoms with E-state index in [4.69, 9.17) is 5.21 Å². The number of ether oxygens (including phenoxy) is 1. The van der Waals surface area contributed by atoms with E-state index in [1.54, 1.807) is 0 Å². The van der Waals surface area contributed by atoms with Gasteiger partial charge in [-0.3, -0.25) is 0 Å². The van der Waals surface area contributed by atoms with Crippen molar-refractivity contribution in [2.75, 3.05) is 6.61 Å². The Morgan fingerprint density at radius 2 is 2.05 bits per heavy atom. The molecule has 0 aliphatic carbocycles. The van der Waals surface area contributed by atoms with E-state index in [9.17, 15) is 17.6 Å². The third-order valence-corrected chi connectivity index (χ3v) is 2.24. The molecule has 1 atom stereocenters. The SMILES string of the molecule is C=C[C@H](OCC(=NO)c1ccccc1F)C(F)(F)F. The van der Waals surface area contributed by atoms with Crippen LogP contribution in [0.15, 0.2) is 42.1 Å². The molecular formula is C12H11F4NO2. The third kappa shape index (κ3) is 4.06. The predicted octanol–water partition coefficient (Wildman–Crippen LogP) is 3.14. The van der Waals surface area contributed by atoms with Crippen LogP contribution in [0.4, 0.5) is 17.6 Å². The molecule has 1 aromatic carbocycles. The second-order valence-corrected chi connectivity index (χ2v) is 3.54. The Bertz CT molecular complexity index is 471. The molecule has 0 saturated heterocycles. The lowest BCUT2D eigenvalue weighted by molar-refractivity contribution is -0.199. The van der Waals surface area contributed by atoms with Gasteiger partial charge in [-0.1, -0.05) is 23.4 Å². The molecule has 0 saturated carbocycles. The van der Waals surface area contributed by atoms with Crippen LogP contribution in [-0.4, -0.2) is 29.8 Å². The fraction of sp³-hybridized carbons (Fsp3) is 0.250. The number of nitrogens with zero attached hydrogens (tertiary/aromatic N) is 1. The van der Waals surface area contributed by atoms with Crippen molar-refractivity contribution in [1.82, 2.24) is 0 Å². The van der Waals surface area contributed by atoms with E-state index in [1.165, 1.54) is 18.2 Å². The molecule has 0 aliphatic heterocycles. The van der Waals surface area contributed by atoms with Gasteiger partial charge >= 0.3 is 6.18 Å². The molecule has 0 spiro atoms. The van der Waals surface area contributed by atoms with Crippen molar-refractivity contribution in [2.24, 2.45) is 5.16 Å². The highest BCUT2D eigenvalue weighted by molar-refractivity contribution is 6.01. The molecule has 0 unspecified atom stereocenters. The van der Waals surface area contributed by atoms with Gasteiger partial charge in [0.05, 0.1) is 6.61 Å². The van der Waals surface area contributed by atoms with Crippen LogP contribution in [0.25, 0.3) is 0 Å². The van der Waals surface area contributed by atoms with Crippen molar-refractivity contribution >= 4 is 5.71 Å². The summed E-state index contributed by atoms with van der Waals surface area (Å²) in [6.07, 6.45) is -6.27. The zero-order valence-electron chi connectivity index (χ0n) is 9.69. The Labute approximate surface area is 106 Å². The zero-order valence-corrected chi connectivity index (χ0v) is 9.69. The first-order valence-corrected chi connectivity index (χ1v) is 5.17. The second-order valence-electron chi connectivity index (χ2n) is 3.54. The van der Waals surface area contributed by atoms with E-state index in [0.717, 1.165) is 6.07 Å². The van der Waals surface area contributed by atoms with Gasteiger partial charge in [-0.05, 0) is 12.1 Å². The first-order chi connectivity index (χ1) is 8.90. The Hall–Kier alpha value is -1.89. The molecule has 1 rings (SSSR count). The van der Waals surface area contributed by atoms with Gasteiger partial charge in [0.2, 0.25) is 0 Å². The molecule has 0 heterocycles. The second kappa shape index (κ2) is 6.33. The smallest absolute Gasteiger partial charge is 0.411 e. The quantitative estimate of drug-likeness (QED) is 0.295. The Morgan fingerprint density at radius 1 is 1.42 bits per heavy atom. The summed E-state index contributed by atoms with van der Waals surface area (Å²) in [5.74, 6) is -0.721. The lowest BCUT2D eigenvalue weighted by Crippen LogP contribution is -2.31. The summed E-state index contributed by atoms with van der Waals surface area (Å²) in [5.41, 5.74) is -0.468. The number of alkyl halides is 3. The average molecular weight is 277 g/mol. The van der Waals surface area contributed by atoms with E-state index in [-0.39, 0.29) is 11.3 Å². The molecule has 104 valence electrons. The maximum atomic E-state index is 13.4. The summed E-state index contributed by atoms with van der Waals surface area (Å²) in [6.45, 7) is 2.30. The lowest BCUT2D eigenvalue weighted by atomic mass is 10.1. The van der Waals surface area contributed by atoms with E-state index in [0.29, 0.717) is 6.08 Å². The number of oxime groups is 1. The number of benzene rings is 1. The Kier molecular flexibility index (Phi) is 5.05. The first-order valence-electron chi connectivity index (χ1n) is 5.17. The van der Waals surface area contributed by atoms with E-state index in [1.807, 2.05) is 0 Å². The van der Waals surface area contributed by atoms with Crippen LogP contribution in [-0.2, 0) is 4.74 Å². The molecule has 0 aromatic heterocycles. The largest absolute Gasteiger partial charge is 0.418 e. The van der Waals surface area contributed by atoms with Crippen LogP contribution in [0.5, 0.6) is 0 Å². The monoisotopic (exact) mass is 277 g/mol. The molecule has 7 heteroatoms. The van der Waals surface area contributed by atoms with Gasteiger partial charge in [0, 0.05) is 5.56 Å². The highest BCUT2D eigenvalue weighted by Crippen LogP contribution is 2.23. The van der Waals surface area contributed by atoms with Crippen molar-refractivity contribution in [2.45, 2.75) is 12.3 Å². The number of halogens is 4. The highest BCUT2D eigenvalue weighted by atomic mass is 19.4. The Morgan fingerprint density at radius 3 is 2.53 bits per heavy atom. The molecular weight excluding hydrogens is 266 g/mol. The standard InChI is InChI=1S/C12H11F4NO2/c1-2-11(12(14,15)16)19-7-10(17-18)8-5-3-4-6-9(8)13/h2-6,11,18H,1,7H2/t11-/m0/s1. The van der Waals surface area contributed by atoms with Gasteiger partial charge in [0.15, 0.2) is 6.10 Å². The molecule has 0 fully saturated rings. The van der Waals surface area contributed by atoms with Gasteiger partial charge in [0.1, 0.15) is 11.5 Å². The topological polar surface area (TPSA) is 41.8 Å². The fourth-order valence-corrected chi connectivity index (χ4v) is 1.32. The summed E-state index contributed by atoms with van der Waals surface area (Å²) in [7, 11) is 0. The molecule has 3 nitrogen and oxygen atoms in total. The van der Waals surface area contributed by atoms with Crippen LogP contribution < -0.4 is 0 Å². The Balaban J connectivity index is 2.80. The van der Waals surface area contributed by atoms with Gasteiger partial charge in [-0.25, -0.2) is 4.39 Å².